The number of benzene rings is 2. The number of likely N-dealkylation sites (N-methyl/N-ethyl adjacent to an activating group) is 1. The number of nitriles is 1. The molecular formula is C34H35AsFN7O3. The van der Waals surface area contributed by atoms with Crippen molar-refractivity contribution in [3.63, 3.8) is 0 Å². The van der Waals surface area contributed by atoms with Gasteiger partial charge in [-0.25, -0.2) is 0 Å². The van der Waals surface area contributed by atoms with E-state index in [9.17, 15) is 10.1 Å². The Morgan fingerprint density at radius 3 is 2.67 bits per heavy atom. The van der Waals surface area contributed by atoms with E-state index in [1.165, 1.54) is 12.4 Å². The first kappa shape index (κ1) is 31.9. The predicted molar refractivity (Wildman–Crippen MR) is 172 cm³/mol. The molecule has 2 aromatic carbocycles. The SMILES string of the molecule is CCN(C1COC1)C(C)(C)C=C(C#N)C(=O)N1CCC[C@@H]1Cn1nc(-c2ccc(Oc3ccccc3)cc2F)c2c([As])ncnc21. The van der Waals surface area contributed by atoms with E-state index in [4.69, 9.17) is 14.6 Å². The fraction of sp³-hybridized carbons (Fsp3) is 0.382. The number of fused-ring (bicyclic) bond motifs is 1. The zero-order chi connectivity index (χ0) is 32.4. The number of carbonyl (C=O) groups is 1. The molecule has 0 bridgehead atoms. The maximum atomic E-state index is 15.6. The molecule has 10 nitrogen and oxygen atoms in total. The van der Waals surface area contributed by atoms with Crippen molar-refractivity contribution in [1.29, 1.82) is 5.26 Å². The molecule has 2 radical (unpaired) electrons. The number of nitrogens with zero attached hydrogens (tertiary/aromatic N) is 7. The van der Waals surface area contributed by atoms with Gasteiger partial charge in [-0.15, -0.1) is 0 Å². The molecule has 46 heavy (non-hydrogen) atoms. The van der Waals surface area contributed by atoms with E-state index in [2.05, 4.69) is 44.7 Å². The van der Waals surface area contributed by atoms with Gasteiger partial charge in [0.2, 0.25) is 0 Å². The van der Waals surface area contributed by atoms with Crippen LogP contribution in [0.5, 0.6) is 11.5 Å². The number of likely N-dealkylation sites (tertiary alicyclic amines) is 1. The van der Waals surface area contributed by atoms with Gasteiger partial charge in [0.25, 0.3) is 0 Å². The number of amides is 1. The van der Waals surface area contributed by atoms with Crippen LogP contribution in [0.3, 0.4) is 0 Å². The van der Waals surface area contributed by atoms with E-state index >= 15 is 4.39 Å². The number of aromatic nitrogens is 4. The normalized spacial score (nSPS) is 17.4. The van der Waals surface area contributed by atoms with Crippen LogP contribution in [0.1, 0.15) is 33.6 Å². The average molecular weight is 684 g/mol. The van der Waals surface area contributed by atoms with Crippen molar-refractivity contribution in [2.75, 3.05) is 26.3 Å². The molecule has 2 aliphatic rings. The van der Waals surface area contributed by atoms with Gasteiger partial charge in [-0.05, 0) is 6.54 Å². The topological polar surface area (TPSA) is 109 Å². The molecule has 2 aliphatic heterocycles. The van der Waals surface area contributed by atoms with Crippen LogP contribution in [-0.4, -0.2) is 96.2 Å². The molecule has 6 rings (SSSR count). The van der Waals surface area contributed by atoms with Gasteiger partial charge >= 0.3 is 240 Å². The molecule has 1 amide bonds. The molecule has 1 atom stereocenters. The maximum absolute atomic E-state index is 15.6. The van der Waals surface area contributed by atoms with E-state index in [-0.39, 0.29) is 23.6 Å². The predicted octanol–water partition coefficient (Wildman–Crippen LogP) is 4.16. The van der Waals surface area contributed by atoms with Gasteiger partial charge in [0.05, 0.1) is 19.3 Å². The molecule has 4 heterocycles. The van der Waals surface area contributed by atoms with Crippen LogP contribution < -0.4 is 9.22 Å². The van der Waals surface area contributed by atoms with Crippen molar-refractivity contribution < 1.29 is 18.7 Å². The molecule has 0 aliphatic carbocycles. The fourth-order valence-electron chi connectivity index (χ4n) is 6.45. The number of carbonyl (C=O) groups excluding carboxylic acids is 1. The molecule has 236 valence electrons. The van der Waals surface area contributed by atoms with E-state index in [1.54, 1.807) is 39.9 Å². The molecule has 2 aromatic heterocycles. The van der Waals surface area contributed by atoms with Gasteiger partial charge in [-0.1, -0.05) is 6.92 Å². The summed E-state index contributed by atoms with van der Waals surface area (Å²) in [4.78, 5) is 26.7. The molecule has 2 fully saturated rings. The first-order valence-electron chi connectivity index (χ1n) is 15.4. The van der Waals surface area contributed by atoms with Crippen LogP contribution in [-0.2, 0) is 16.1 Å². The number of para-hydroxylation sites is 1. The fourth-order valence-corrected chi connectivity index (χ4v) is 6.99. The van der Waals surface area contributed by atoms with Gasteiger partial charge in [-0.3, -0.25) is 0 Å². The second kappa shape index (κ2) is 13.3. The van der Waals surface area contributed by atoms with Crippen LogP contribution in [0.4, 0.5) is 4.39 Å². The summed E-state index contributed by atoms with van der Waals surface area (Å²) in [5, 5.41) is 15.6. The number of hydrogen-bond acceptors (Lipinski definition) is 8. The third kappa shape index (κ3) is 6.30. The summed E-state index contributed by atoms with van der Waals surface area (Å²) in [6.07, 6.45) is 4.78. The summed E-state index contributed by atoms with van der Waals surface area (Å²) >= 11 is 2.40. The Hall–Kier alpha value is -4.10. The summed E-state index contributed by atoms with van der Waals surface area (Å²) in [5.74, 6) is 0.190. The number of halogens is 1. The van der Waals surface area contributed by atoms with E-state index in [1.807, 2.05) is 32.0 Å². The Bertz CT molecular complexity index is 1820. The Morgan fingerprint density at radius 2 is 2.00 bits per heavy atom. The van der Waals surface area contributed by atoms with Crippen molar-refractivity contribution in [2.45, 2.75) is 57.8 Å². The molecule has 0 unspecified atom stereocenters. The Kier molecular flexibility index (Phi) is 9.23. The number of hydrogen-bond donors (Lipinski definition) is 0. The molecule has 2 saturated heterocycles. The quantitative estimate of drug-likeness (QED) is 0.139. The monoisotopic (exact) mass is 683 g/mol. The minimum absolute atomic E-state index is 0.122. The van der Waals surface area contributed by atoms with Gasteiger partial charge in [0.15, 0.2) is 0 Å². The number of ether oxygens (including phenoxy) is 2. The zero-order valence-corrected chi connectivity index (χ0v) is 27.9. The summed E-state index contributed by atoms with van der Waals surface area (Å²) in [6.45, 7) is 9.06. The zero-order valence-electron chi connectivity index (χ0n) is 26.1. The van der Waals surface area contributed by atoms with Gasteiger partial charge in [0, 0.05) is 0 Å². The summed E-state index contributed by atoms with van der Waals surface area (Å²) in [6, 6.07) is 16.1. The van der Waals surface area contributed by atoms with Crippen LogP contribution in [0.15, 0.2) is 66.5 Å². The summed E-state index contributed by atoms with van der Waals surface area (Å²) in [7, 11) is 0. The standard InChI is InChI=1S/C34H35AsFN7O3/c1-4-42(24-19-45-20-24)34(2,3)16-22(17-37)33(44)41-14-8-9-23(41)18-43-32-29(31(35)38-21-39-32)30(40-43)27-13-12-26(15-28(27)36)46-25-10-6-5-7-11-25/h5-7,10-13,15-16,21,23-24H,4,8-9,14,18-20H2,1-3H3/t23-/m1/s1. The van der Waals surface area contributed by atoms with Crippen LogP contribution in [0.2, 0.25) is 0 Å². The third-order valence-corrected chi connectivity index (χ3v) is 9.41. The number of rotatable bonds is 10. The molecule has 4 aromatic rings. The van der Waals surface area contributed by atoms with Crippen molar-refractivity contribution in [3.05, 3.63) is 72.3 Å². The van der Waals surface area contributed by atoms with E-state index < -0.39 is 11.4 Å². The third-order valence-electron chi connectivity index (χ3n) is 8.70. The van der Waals surface area contributed by atoms with E-state index in [0.717, 1.165) is 19.4 Å². The van der Waals surface area contributed by atoms with Gasteiger partial charge in [0.1, 0.15) is 0 Å². The Morgan fingerprint density at radius 1 is 1.22 bits per heavy atom. The van der Waals surface area contributed by atoms with Crippen molar-refractivity contribution in [2.24, 2.45) is 0 Å². The van der Waals surface area contributed by atoms with Crippen molar-refractivity contribution >= 4 is 38.3 Å². The molecule has 12 heteroatoms. The second-order valence-electron chi connectivity index (χ2n) is 12.1. The summed E-state index contributed by atoms with van der Waals surface area (Å²) in [5.41, 5.74) is 0.856. The molecule has 0 N–H and O–H groups in total. The van der Waals surface area contributed by atoms with Crippen LogP contribution in [0, 0.1) is 17.1 Å². The molecular weight excluding hydrogens is 648 g/mol. The van der Waals surface area contributed by atoms with E-state index in [0.29, 0.717) is 64.6 Å². The average Bonchev–Trinajstić information content (AvgIpc) is 3.63. The Labute approximate surface area is 276 Å². The summed E-state index contributed by atoms with van der Waals surface area (Å²) < 4.78 is 29.2. The Balaban J connectivity index is 1.27. The first-order valence-corrected chi connectivity index (χ1v) is 16.4. The minimum atomic E-state index is -0.509. The van der Waals surface area contributed by atoms with Crippen LogP contribution >= 0.6 is 0 Å². The molecule has 0 spiro atoms. The van der Waals surface area contributed by atoms with Crippen molar-refractivity contribution in [1.82, 2.24) is 29.5 Å². The second-order valence-corrected chi connectivity index (χ2v) is 13.0. The first-order chi connectivity index (χ1) is 22.2. The van der Waals surface area contributed by atoms with Gasteiger partial charge < -0.3 is 4.74 Å². The van der Waals surface area contributed by atoms with Crippen LogP contribution in [0.25, 0.3) is 22.3 Å². The van der Waals surface area contributed by atoms with Crippen molar-refractivity contribution in [3.8, 4) is 28.8 Å². The van der Waals surface area contributed by atoms with Gasteiger partial charge in [-0.2, -0.15) is 0 Å². The molecule has 0 saturated carbocycles.